The Kier molecular flexibility index (Phi) is 5.21. The van der Waals surface area contributed by atoms with E-state index in [0.29, 0.717) is 11.5 Å². The van der Waals surface area contributed by atoms with Gasteiger partial charge in [0.1, 0.15) is 11.8 Å². The lowest BCUT2D eigenvalue weighted by Gasteiger charge is -2.11. The average molecular weight is 332 g/mol. The number of rotatable bonds is 5. The Bertz CT molecular complexity index is 801. The number of alkyl halides is 2. The maximum Gasteiger partial charge on any atom is 0.387 e. The van der Waals surface area contributed by atoms with Crippen LogP contribution in [-0.2, 0) is 0 Å². The summed E-state index contributed by atoms with van der Waals surface area (Å²) in [7, 11) is 3.44. The van der Waals surface area contributed by atoms with Crippen molar-refractivity contribution >= 4 is 23.5 Å². The van der Waals surface area contributed by atoms with E-state index < -0.39 is 6.61 Å². The number of nitrogens with zero attached hydrogens (tertiary/aromatic N) is 5. The van der Waals surface area contributed by atoms with Crippen LogP contribution < -0.4 is 15.4 Å². The Morgan fingerprint density at radius 3 is 2.71 bits per heavy atom. The predicted octanol–water partition coefficient (Wildman–Crippen LogP) is 2.19. The molecule has 7 nitrogen and oxygen atoms in total. The summed E-state index contributed by atoms with van der Waals surface area (Å²) in [5.74, 6) is 0.349. The van der Waals surface area contributed by atoms with Gasteiger partial charge >= 0.3 is 6.61 Å². The van der Waals surface area contributed by atoms with E-state index >= 15 is 0 Å². The zero-order chi connectivity index (χ0) is 17.7. The summed E-state index contributed by atoms with van der Waals surface area (Å²) in [6, 6.07) is 7.90. The minimum absolute atomic E-state index is 0.0137. The highest BCUT2D eigenvalue weighted by Crippen LogP contribution is 2.21. The number of hydrogen-bond acceptors (Lipinski definition) is 7. The monoisotopic (exact) mass is 332 g/mol. The first kappa shape index (κ1) is 17.1. The molecule has 0 unspecified atom stereocenters. The Hall–Kier alpha value is -3.28. The fraction of sp³-hybridized carbons (Fsp3) is 0.200. The highest BCUT2D eigenvalue weighted by Gasteiger charge is 2.11. The fourth-order valence-electron chi connectivity index (χ4n) is 1.80. The van der Waals surface area contributed by atoms with E-state index in [-0.39, 0.29) is 23.1 Å². The number of hydrogen-bond donors (Lipinski definition) is 1. The van der Waals surface area contributed by atoms with Crippen molar-refractivity contribution in [3.8, 4) is 11.8 Å². The molecular formula is C15H14F2N6O. The minimum Gasteiger partial charge on any atom is -0.435 e. The van der Waals surface area contributed by atoms with Gasteiger partial charge in [0.25, 0.3) is 0 Å². The van der Waals surface area contributed by atoms with E-state index in [2.05, 4.69) is 19.7 Å². The molecule has 0 saturated carbocycles. The van der Waals surface area contributed by atoms with Gasteiger partial charge in [-0.2, -0.15) is 29.0 Å². The molecule has 1 aromatic carbocycles. The van der Waals surface area contributed by atoms with Crippen LogP contribution in [0.25, 0.3) is 11.6 Å². The summed E-state index contributed by atoms with van der Waals surface area (Å²) >= 11 is 0. The maximum atomic E-state index is 12.3. The second-order valence-electron chi connectivity index (χ2n) is 4.83. The summed E-state index contributed by atoms with van der Waals surface area (Å²) in [6.45, 7) is -2.93. The molecule has 0 aliphatic heterocycles. The number of benzene rings is 1. The standard InChI is InChI=1S/C15H14F2N6O/c1-23(2)15-21-12(20-14(19)22-15)10(8-18)6-9-4-3-5-11(7-9)24-13(16)17/h3-7,13H,1-2H3,(H2,19,20,21,22)/b10-6-. The molecule has 124 valence electrons. The molecule has 0 saturated heterocycles. The number of nitrogens with two attached hydrogens (primary N) is 1. The molecular weight excluding hydrogens is 318 g/mol. The summed E-state index contributed by atoms with van der Waals surface area (Å²) in [4.78, 5) is 13.7. The lowest BCUT2D eigenvalue weighted by molar-refractivity contribution is -0.0498. The first-order valence-corrected chi connectivity index (χ1v) is 6.75. The quantitative estimate of drug-likeness (QED) is 0.837. The number of nitrogen functional groups attached to an aromatic ring is 1. The molecule has 0 radical (unpaired) electrons. The molecule has 0 spiro atoms. The summed E-state index contributed by atoms with van der Waals surface area (Å²) in [5, 5.41) is 9.35. The number of halogens is 2. The van der Waals surface area contributed by atoms with Crippen molar-refractivity contribution in [3.63, 3.8) is 0 Å². The van der Waals surface area contributed by atoms with E-state index in [0.717, 1.165) is 0 Å². The third-order valence-electron chi connectivity index (χ3n) is 2.80. The van der Waals surface area contributed by atoms with Gasteiger partial charge in [0, 0.05) is 14.1 Å². The zero-order valence-electron chi connectivity index (χ0n) is 12.9. The SMILES string of the molecule is CN(C)c1nc(N)nc(/C(C#N)=C\c2cccc(OC(F)F)c2)n1. The molecule has 0 atom stereocenters. The van der Waals surface area contributed by atoms with E-state index in [9.17, 15) is 14.0 Å². The lowest BCUT2D eigenvalue weighted by Crippen LogP contribution is -2.15. The van der Waals surface area contributed by atoms with Crippen molar-refractivity contribution in [1.82, 2.24) is 15.0 Å². The zero-order valence-corrected chi connectivity index (χ0v) is 12.9. The van der Waals surface area contributed by atoms with Gasteiger partial charge in [-0.3, -0.25) is 0 Å². The highest BCUT2D eigenvalue weighted by atomic mass is 19.3. The maximum absolute atomic E-state index is 12.3. The van der Waals surface area contributed by atoms with E-state index in [1.807, 2.05) is 6.07 Å². The summed E-state index contributed by atoms with van der Waals surface area (Å²) in [5.41, 5.74) is 6.23. The van der Waals surface area contributed by atoms with E-state index in [4.69, 9.17) is 5.73 Å². The van der Waals surface area contributed by atoms with Gasteiger partial charge in [-0.25, -0.2) is 0 Å². The molecule has 2 aromatic rings. The van der Waals surface area contributed by atoms with Crippen LogP contribution in [0.2, 0.25) is 0 Å². The minimum atomic E-state index is -2.93. The van der Waals surface area contributed by atoms with E-state index in [1.165, 1.54) is 24.3 Å². The smallest absolute Gasteiger partial charge is 0.387 e. The van der Waals surface area contributed by atoms with Crippen molar-refractivity contribution in [1.29, 1.82) is 5.26 Å². The third-order valence-corrected chi connectivity index (χ3v) is 2.80. The summed E-state index contributed by atoms with van der Waals surface area (Å²) in [6.07, 6.45) is 1.45. The average Bonchev–Trinajstić information content (AvgIpc) is 2.51. The van der Waals surface area contributed by atoms with Crippen LogP contribution in [0.3, 0.4) is 0 Å². The first-order chi connectivity index (χ1) is 11.4. The lowest BCUT2D eigenvalue weighted by atomic mass is 10.1. The Labute approximate surface area is 137 Å². The number of anilines is 2. The van der Waals surface area contributed by atoms with Crippen molar-refractivity contribution in [2.24, 2.45) is 0 Å². The van der Waals surface area contributed by atoms with Crippen LogP contribution in [0.15, 0.2) is 24.3 Å². The molecule has 1 heterocycles. The van der Waals surface area contributed by atoms with Crippen LogP contribution in [0.4, 0.5) is 20.7 Å². The van der Waals surface area contributed by atoms with Gasteiger partial charge in [0.05, 0.1) is 5.57 Å². The molecule has 0 amide bonds. The molecule has 2 N–H and O–H groups in total. The molecule has 1 aromatic heterocycles. The fourth-order valence-corrected chi connectivity index (χ4v) is 1.80. The van der Waals surface area contributed by atoms with Crippen molar-refractivity contribution < 1.29 is 13.5 Å². The number of aromatic nitrogens is 3. The molecule has 24 heavy (non-hydrogen) atoms. The number of nitriles is 1. The van der Waals surface area contributed by atoms with Gasteiger partial charge < -0.3 is 15.4 Å². The van der Waals surface area contributed by atoms with E-state index in [1.54, 1.807) is 25.1 Å². The van der Waals surface area contributed by atoms with Crippen molar-refractivity contribution in [3.05, 3.63) is 35.7 Å². The number of ether oxygens (including phenoxy) is 1. The second-order valence-corrected chi connectivity index (χ2v) is 4.83. The van der Waals surface area contributed by atoms with Crippen molar-refractivity contribution in [2.75, 3.05) is 24.7 Å². The first-order valence-electron chi connectivity index (χ1n) is 6.75. The largest absolute Gasteiger partial charge is 0.435 e. The van der Waals surface area contributed by atoms with Gasteiger partial charge in [0.15, 0.2) is 5.82 Å². The summed E-state index contributed by atoms with van der Waals surface area (Å²) < 4.78 is 28.9. The van der Waals surface area contributed by atoms with Crippen LogP contribution in [0.1, 0.15) is 11.4 Å². The van der Waals surface area contributed by atoms with Crippen LogP contribution >= 0.6 is 0 Å². The topological polar surface area (TPSA) is 101 Å². The van der Waals surface area contributed by atoms with Crippen LogP contribution in [-0.4, -0.2) is 35.7 Å². The highest BCUT2D eigenvalue weighted by molar-refractivity contribution is 5.87. The normalized spacial score (nSPS) is 11.2. The Morgan fingerprint density at radius 2 is 2.08 bits per heavy atom. The third kappa shape index (κ3) is 4.36. The van der Waals surface area contributed by atoms with Gasteiger partial charge in [-0.05, 0) is 23.8 Å². The second kappa shape index (κ2) is 7.32. The van der Waals surface area contributed by atoms with Crippen LogP contribution in [0.5, 0.6) is 5.75 Å². The molecule has 0 bridgehead atoms. The molecule has 0 aliphatic carbocycles. The molecule has 9 heteroatoms. The predicted molar refractivity (Wildman–Crippen MR) is 85.1 cm³/mol. The Morgan fingerprint density at radius 1 is 1.33 bits per heavy atom. The van der Waals surface area contributed by atoms with Crippen molar-refractivity contribution in [2.45, 2.75) is 6.61 Å². The number of allylic oxidation sites excluding steroid dienone is 1. The van der Waals surface area contributed by atoms with Gasteiger partial charge in [0.2, 0.25) is 11.9 Å². The van der Waals surface area contributed by atoms with Gasteiger partial charge in [-0.1, -0.05) is 12.1 Å². The van der Waals surface area contributed by atoms with Crippen LogP contribution in [0, 0.1) is 11.3 Å². The molecule has 2 rings (SSSR count). The van der Waals surface area contributed by atoms with Gasteiger partial charge in [-0.15, -0.1) is 0 Å². The molecule has 0 aliphatic rings. The Balaban J connectivity index is 2.42. The molecule has 0 fully saturated rings.